The van der Waals surface area contributed by atoms with Crippen molar-refractivity contribution in [2.75, 3.05) is 25.0 Å². The summed E-state index contributed by atoms with van der Waals surface area (Å²) in [5.74, 6) is 0.269. The Hall–Kier alpha value is -3.73. The third-order valence-electron chi connectivity index (χ3n) is 3.26. The number of para-hydroxylation sites is 1. The molecule has 0 spiro atoms. The molecule has 28 heavy (non-hydrogen) atoms. The van der Waals surface area contributed by atoms with Crippen LogP contribution in [0, 0.1) is 0 Å². The average molecular weight is 388 g/mol. The highest BCUT2D eigenvalue weighted by Gasteiger charge is 2.10. The van der Waals surface area contributed by atoms with E-state index in [1.54, 1.807) is 37.3 Å². The molecule has 0 aliphatic carbocycles. The van der Waals surface area contributed by atoms with Crippen LogP contribution in [-0.2, 0) is 14.3 Å². The molecule has 0 saturated carbocycles. The van der Waals surface area contributed by atoms with Gasteiger partial charge in [-0.05, 0) is 31.2 Å². The normalized spacial score (nSPS) is 11.7. The van der Waals surface area contributed by atoms with Crippen LogP contribution < -0.4 is 21.5 Å². The molecule has 2 aromatic rings. The Balaban J connectivity index is 2.09. The Bertz CT molecular complexity index is 871. The minimum absolute atomic E-state index is 0.0682. The first kappa shape index (κ1) is 20.6. The number of amides is 1. The number of nitrogens with two attached hydrogens (primary N) is 2. The highest BCUT2D eigenvalue weighted by molar-refractivity contribution is 5.93. The van der Waals surface area contributed by atoms with Crippen molar-refractivity contribution < 1.29 is 23.8 Å². The van der Waals surface area contributed by atoms with Crippen LogP contribution in [0.25, 0.3) is 0 Å². The van der Waals surface area contributed by atoms with Crippen LogP contribution in [0.4, 0.5) is 27.8 Å². The topological polar surface area (TPSA) is 164 Å². The van der Waals surface area contributed by atoms with Crippen LogP contribution in [0.3, 0.4) is 0 Å². The lowest BCUT2D eigenvalue weighted by molar-refractivity contribution is -0.117. The van der Waals surface area contributed by atoms with Gasteiger partial charge in [-0.3, -0.25) is 4.79 Å². The molecular formula is C17H20N6O5. The summed E-state index contributed by atoms with van der Waals surface area (Å²) in [6, 6.07) is 9.13. The first-order chi connectivity index (χ1) is 13.4. The number of anilines is 2. The first-order valence-electron chi connectivity index (χ1n) is 8.08. The van der Waals surface area contributed by atoms with Crippen molar-refractivity contribution in [3.8, 4) is 5.75 Å². The maximum absolute atomic E-state index is 11.6. The fraction of sp³-hybridized carbons (Fsp3) is 0.235. The average Bonchev–Trinajstić information content (AvgIpc) is 2.68. The van der Waals surface area contributed by atoms with E-state index in [1.807, 2.05) is 0 Å². The molecule has 1 heterocycles. The zero-order chi connectivity index (χ0) is 20.5. The monoisotopic (exact) mass is 388 g/mol. The SMILES string of the molecule is COC(=O)OCOc1ccccc1/N=N/c1ccc(NC(=O)[C@H](C)N)nc1N. The van der Waals surface area contributed by atoms with Gasteiger partial charge in [-0.25, -0.2) is 9.78 Å². The third-order valence-corrected chi connectivity index (χ3v) is 3.26. The van der Waals surface area contributed by atoms with Gasteiger partial charge in [0.2, 0.25) is 12.7 Å². The number of methoxy groups -OCH3 is 1. The van der Waals surface area contributed by atoms with E-state index in [0.717, 1.165) is 0 Å². The number of nitrogens with one attached hydrogen (secondary N) is 1. The van der Waals surface area contributed by atoms with E-state index in [-0.39, 0.29) is 24.3 Å². The molecule has 11 nitrogen and oxygen atoms in total. The van der Waals surface area contributed by atoms with Gasteiger partial charge in [-0.1, -0.05) is 12.1 Å². The number of hydrogen-bond acceptors (Lipinski definition) is 10. The minimum atomic E-state index is -0.867. The number of hydrogen-bond donors (Lipinski definition) is 3. The number of rotatable bonds is 7. The molecule has 148 valence electrons. The van der Waals surface area contributed by atoms with Crippen molar-refractivity contribution in [1.82, 2.24) is 4.98 Å². The summed E-state index contributed by atoms with van der Waals surface area (Å²) in [5, 5.41) is 10.6. The van der Waals surface area contributed by atoms with Gasteiger partial charge in [0.25, 0.3) is 0 Å². The molecule has 1 amide bonds. The summed E-state index contributed by atoms with van der Waals surface area (Å²) >= 11 is 0. The molecule has 1 aromatic heterocycles. The lowest BCUT2D eigenvalue weighted by Crippen LogP contribution is -2.32. The Morgan fingerprint density at radius 1 is 1.18 bits per heavy atom. The number of ether oxygens (including phenoxy) is 3. The fourth-order valence-electron chi connectivity index (χ4n) is 1.83. The van der Waals surface area contributed by atoms with Crippen LogP contribution in [0.5, 0.6) is 5.75 Å². The van der Waals surface area contributed by atoms with Crippen molar-refractivity contribution in [3.63, 3.8) is 0 Å². The Morgan fingerprint density at radius 3 is 2.57 bits per heavy atom. The van der Waals surface area contributed by atoms with Crippen LogP contribution in [0.1, 0.15) is 6.92 Å². The Kier molecular flexibility index (Phi) is 7.22. The molecule has 0 aliphatic heterocycles. The summed E-state index contributed by atoms with van der Waals surface area (Å²) in [7, 11) is 1.19. The maximum Gasteiger partial charge on any atom is 0.510 e. The third kappa shape index (κ3) is 5.92. The number of azo groups is 1. The number of pyridine rings is 1. The molecule has 0 aliphatic rings. The van der Waals surface area contributed by atoms with Gasteiger partial charge in [0.1, 0.15) is 17.2 Å². The van der Waals surface area contributed by atoms with Crippen LogP contribution in [0.15, 0.2) is 46.6 Å². The molecule has 11 heteroatoms. The number of aromatic nitrogens is 1. The van der Waals surface area contributed by atoms with Crippen molar-refractivity contribution >= 4 is 35.1 Å². The van der Waals surface area contributed by atoms with Crippen LogP contribution in [-0.4, -0.2) is 37.0 Å². The smallest absolute Gasteiger partial charge is 0.455 e. The maximum atomic E-state index is 11.6. The lowest BCUT2D eigenvalue weighted by Gasteiger charge is -2.09. The highest BCUT2D eigenvalue weighted by Crippen LogP contribution is 2.30. The Morgan fingerprint density at radius 2 is 1.89 bits per heavy atom. The molecule has 5 N–H and O–H groups in total. The summed E-state index contributed by atoms with van der Waals surface area (Å²) in [6.45, 7) is 1.20. The van der Waals surface area contributed by atoms with Gasteiger partial charge >= 0.3 is 6.16 Å². The van der Waals surface area contributed by atoms with E-state index in [1.165, 1.54) is 13.2 Å². The second-order valence-electron chi connectivity index (χ2n) is 5.41. The molecule has 1 atom stereocenters. The minimum Gasteiger partial charge on any atom is -0.455 e. The quantitative estimate of drug-likeness (QED) is 0.370. The van der Waals surface area contributed by atoms with Gasteiger partial charge in [0, 0.05) is 0 Å². The molecule has 0 unspecified atom stereocenters. The van der Waals surface area contributed by atoms with Gasteiger partial charge < -0.3 is 31.0 Å². The van der Waals surface area contributed by atoms with E-state index < -0.39 is 12.2 Å². The molecule has 0 radical (unpaired) electrons. The van der Waals surface area contributed by atoms with Gasteiger partial charge in [0.05, 0.1) is 13.2 Å². The summed E-state index contributed by atoms with van der Waals surface area (Å²) in [4.78, 5) is 26.6. The zero-order valence-electron chi connectivity index (χ0n) is 15.3. The van der Waals surface area contributed by atoms with Crippen molar-refractivity contribution in [3.05, 3.63) is 36.4 Å². The van der Waals surface area contributed by atoms with E-state index in [2.05, 4.69) is 30.0 Å². The van der Waals surface area contributed by atoms with Gasteiger partial charge in [-0.2, -0.15) is 0 Å². The molecule has 2 rings (SSSR count). The summed E-state index contributed by atoms with van der Waals surface area (Å²) < 4.78 is 14.3. The van der Waals surface area contributed by atoms with Crippen molar-refractivity contribution in [2.24, 2.45) is 16.0 Å². The van der Waals surface area contributed by atoms with Gasteiger partial charge in [0.15, 0.2) is 11.6 Å². The number of benzene rings is 1. The molecule has 1 aromatic carbocycles. The van der Waals surface area contributed by atoms with E-state index in [4.69, 9.17) is 16.2 Å². The summed E-state index contributed by atoms with van der Waals surface area (Å²) in [5.41, 5.74) is 12.0. The summed E-state index contributed by atoms with van der Waals surface area (Å²) in [6.07, 6.45) is -0.867. The highest BCUT2D eigenvalue weighted by atomic mass is 16.8. The molecule has 0 fully saturated rings. The predicted molar refractivity (Wildman–Crippen MR) is 101 cm³/mol. The Labute approximate surface area is 160 Å². The number of nitrogens with zero attached hydrogens (tertiary/aromatic N) is 3. The number of carbonyl (C=O) groups is 2. The number of carbonyl (C=O) groups excluding carboxylic acids is 2. The fourth-order valence-corrected chi connectivity index (χ4v) is 1.83. The molecule has 0 saturated heterocycles. The van der Waals surface area contributed by atoms with E-state index >= 15 is 0 Å². The van der Waals surface area contributed by atoms with E-state index in [0.29, 0.717) is 17.1 Å². The first-order valence-corrected chi connectivity index (χ1v) is 8.08. The van der Waals surface area contributed by atoms with Crippen LogP contribution >= 0.6 is 0 Å². The van der Waals surface area contributed by atoms with E-state index in [9.17, 15) is 9.59 Å². The van der Waals surface area contributed by atoms with Gasteiger partial charge in [-0.15, -0.1) is 10.2 Å². The zero-order valence-corrected chi connectivity index (χ0v) is 15.3. The van der Waals surface area contributed by atoms with Crippen LogP contribution in [0.2, 0.25) is 0 Å². The number of nitrogen functional groups attached to an aromatic ring is 1. The lowest BCUT2D eigenvalue weighted by atomic mass is 10.3. The second-order valence-corrected chi connectivity index (χ2v) is 5.41. The predicted octanol–water partition coefficient (Wildman–Crippen LogP) is 2.48. The second kappa shape index (κ2) is 9.83. The van der Waals surface area contributed by atoms with Crippen molar-refractivity contribution in [2.45, 2.75) is 13.0 Å². The van der Waals surface area contributed by atoms with Crippen molar-refractivity contribution in [1.29, 1.82) is 0 Å². The molecule has 0 bridgehead atoms. The molecular weight excluding hydrogens is 368 g/mol. The standard InChI is InChI=1S/C17H20N6O5/c1-10(18)16(24)21-14-8-7-12(15(19)20-14)23-22-11-5-3-4-6-13(11)27-9-28-17(25)26-2/h3-8,10H,9,18H2,1-2H3,(H3,19,20,21,24)/b23-22+/t10-/m0/s1. The largest absolute Gasteiger partial charge is 0.510 e.